The number of carbonyl (C=O) groups is 1. The summed E-state index contributed by atoms with van der Waals surface area (Å²) in [5.41, 5.74) is 2.10. The number of nitrogens with zero attached hydrogens (tertiary/aromatic N) is 4. The predicted molar refractivity (Wildman–Crippen MR) is 78.3 cm³/mol. The molecule has 3 aromatic rings. The molecule has 0 aliphatic rings. The van der Waals surface area contributed by atoms with E-state index in [-0.39, 0.29) is 11.6 Å². The van der Waals surface area contributed by atoms with Crippen LogP contribution in [0.4, 0.5) is 5.82 Å². The maximum absolute atomic E-state index is 12.1. The monoisotopic (exact) mass is 279 g/mol. The average molecular weight is 279 g/mol. The molecule has 1 amide bonds. The highest BCUT2D eigenvalue weighted by molar-refractivity contribution is 6.02. The first-order valence-electron chi connectivity index (χ1n) is 6.44. The van der Waals surface area contributed by atoms with Gasteiger partial charge in [-0.2, -0.15) is 0 Å². The number of carbonyl (C=O) groups excluding carboxylic acids is 1. The molecule has 0 unspecified atom stereocenters. The van der Waals surface area contributed by atoms with Crippen LogP contribution < -0.4 is 5.32 Å². The number of rotatable bonds is 3. The fraction of sp³-hybridized carbons (Fsp3) is 0.0667. The molecule has 0 aliphatic heterocycles. The van der Waals surface area contributed by atoms with E-state index in [4.69, 9.17) is 0 Å². The summed E-state index contributed by atoms with van der Waals surface area (Å²) in [7, 11) is 0. The van der Waals surface area contributed by atoms with Gasteiger partial charge in [-0.1, -0.05) is 23.4 Å². The second kappa shape index (κ2) is 5.54. The minimum Gasteiger partial charge on any atom is -0.305 e. The SMILES string of the molecule is Cc1ccnc(NC(=O)c2cn(-c3ccccc3)nn2)c1. The zero-order chi connectivity index (χ0) is 14.7. The lowest BCUT2D eigenvalue weighted by molar-refractivity contribution is 0.102. The molecule has 1 aromatic carbocycles. The molecular weight excluding hydrogens is 266 g/mol. The maximum Gasteiger partial charge on any atom is 0.279 e. The zero-order valence-corrected chi connectivity index (χ0v) is 11.4. The van der Waals surface area contributed by atoms with Crippen LogP contribution in [-0.2, 0) is 0 Å². The quantitative estimate of drug-likeness (QED) is 0.798. The van der Waals surface area contributed by atoms with Crippen LogP contribution in [0.25, 0.3) is 5.69 Å². The van der Waals surface area contributed by atoms with E-state index in [9.17, 15) is 4.79 Å². The van der Waals surface area contributed by atoms with Crippen LogP contribution in [-0.4, -0.2) is 25.9 Å². The molecule has 6 heteroatoms. The fourth-order valence-corrected chi connectivity index (χ4v) is 1.86. The van der Waals surface area contributed by atoms with E-state index in [1.54, 1.807) is 23.1 Å². The lowest BCUT2D eigenvalue weighted by Gasteiger charge is -2.02. The molecule has 2 aromatic heterocycles. The van der Waals surface area contributed by atoms with Gasteiger partial charge in [0.25, 0.3) is 5.91 Å². The standard InChI is InChI=1S/C15H13N5O/c1-11-7-8-16-14(9-11)17-15(21)13-10-20(19-18-13)12-5-3-2-4-6-12/h2-10H,1H3,(H,16,17,21). The fourth-order valence-electron chi connectivity index (χ4n) is 1.86. The van der Waals surface area contributed by atoms with Crippen LogP contribution in [0.2, 0.25) is 0 Å². The van der Waals surface area contributed by atoms with Crippen molar-refractivity contribution >= 4 is 11.7 Å². The molecule has 0 aliphatic carbocycles. The van der Waals surface area contributed by atoms with Crippen molar-refractivity contribution in [2.24, 2.45) is 0 Å². The van der Waals surface area contributed by atoms with E-state index in [0.29, 0.717) is 5.82 Å². The van der Waals surface area contributed by atoms with Crippen molar-refractivity contribution in [3.05, 3.63) is 66.1 Å². The van der Waals surface area contributed by atoms with Gasteiger partial charge in [0.2, 0.25) is 0 Å². The summed E-state index contributed by atoms with van der Waals surface area (Å²) in [6.45, 7) is 1.93. The second-order valence-electron chi connectivity index (χ2n) is 4.56. The van der Waals surface area contributed by atoms with Gasteiger partial charge >= 0.3 is 0 Å². The molecule has 6 nitrogen and oxygen atoms in total. The van der Waals surface area contributed by atoms with Gasteiger partial charge in [0.1, 0.15) is 5.82 Å². The van der Waals surface area contributed by atoms with Gasteiger partial charge in [-0.25, -0.2) is 9.67 Å². The summed E-state index contributed by atoms with van der Waals surface area (Å²) in [5.74, 6) is 0.157. The number of nitrogens with one attached hydrogen (secondary N) is 1. The molecule has 0 fully saturated rings. The third kappa shape index (κ3) is 2.94. The van der Waals surface area contributed by atoms with Crippen LogP contribution in [0.1, 0.15) is 16.1 Å². The van der Waals surface area contributed by atoms with Crippen LogP contribution >= 0.6 is 0 Å². The molecule has 1 N–H and O–H groups in total. The van der Waals surface area contributed by atoms with Crippen LogP contribution in [0.3, 0.4) is 0 Å². The molecule has 104 valence electrons. The second-order valence-corrected chi connectivity index (χ2v) is 4.56. The number of pyridine rings is 1. The number of aryl methyl sites for hydroxylation is 1. The van der Waals surface area contributed by atoms with Crippen molar-refractivity contribution in [1.29, 1.82) is 0 Å². The minimum absolute atomic E-state index is 0.238. The van der Waals surface area contributed by atoms with Crippen molar-refractivity contribution in [2.75, 3.05) is 5.32 Å². The van der Waals surface area contributed by atoms with Crippen molar-refractivity contribution < 1.29 is 4.79 Å². The van der Waals surface area contributed by atoms with E-state index in [2.05, 4.69) is 20.6 Å². The number of para-hydroxylation sites is 1. The first-order chi connectivity index (χ1) is 10.2. The zero-order valence-electron chi connectivity index (χ0n) is 11.4. The molecule has 0 atom stereocenters. The summed E-state index contributed by atoms with van der Waals surface area (Å²) in [6.07, 6.45) is 3.23. The van der Waals surface area contributed by atoms with Gasteiger partial charge < -0.3 is 5.32 Å². The van der Waals surface area contributed by atoms with Gasteiger partial charge in [-0.05, 0) is 36.8 Å². The van der Waals surface area contributed by atoms with Crippen molar-refractivity contribution in [3.8, 4) is 5.69 Å². The summed E-state index contributed by atoms with van der Waals surface area (Å²) in [6, 6.07) is 13.1. The van der Waals surface area contributed by atoms with E-state index < -0.39 is 0 Å². The number of aromatic nitrogens is 4. The highest BCUT2D eigenvalue weighted by atomic mass is 16.2. The van der Waals surface area contributed by atoms with E-state index in [0.717, 1.165) is 11.3 Å². The third-order valence-corrected chi connectivity index (χ3v) is 2.90. The molecule has 0 saturated heterocycles. The number of hydrogen-bond donors (Lipinski definition) is 1. The van der Waals surface area contributed by atoms with Gasteiger partial charge in [0.05, 0.1) is 11.9 Å². The van der Waals surface area contributed by atoms with Gasteiger partial charge in [0.15, 0.2) is 5.69 Å². The Balaban J connectivity index is 1.78. The van der Waals surface area contributed by atoms with E-state index >= 15 is 0 Å². The number of benzene rings is 1. The smallest absolute Gasteiger partial charge is 0.279 e. The highest BCUT2D eigenvalue weighted by Crippen LogP contribution is 2.09. The number of amides is 1. The Hall–Kier alpha value is -3.02. The van der Waals surface area contributed by atoms with Gasteiger partial charge in [0, 0.05) is 6.20 Å². The van der Waals surface area contributed by atoms with Crippen LogP contribution in [0, 0.1) is 6.92 Å². The highest BCUT2D eigenvalue weighted by Gasteiger charge is 2.12. The maximum atomic E-state index is 12.1. The van der Waals surface area contributed by atoms with E-state index in [1.807, 2.05) is 43.3 Å². The number of anilines is 1. The lowest BCUT2D eigenvalue weighted by atomic mass is 10.3. The lowest BCUT2D eigenvalue weighted by Crippen LogP contribution is -2.13. The molecule has 3 rings (SSSR count). The van der Waals surface area contributed by atoms with Crippen LogP contribution in [0.5, 0.6) is 0 Å². The summed E-state index contributed by atoms with van der Waals surface area (Å²) in [4.78, 5) is 16.2. The van der Waals surface area contributed by atoms with E-state index in [1.165, 1.54) is 0 Å². The molecule has 0 spiro atoms. The molecule has 2 heterocycles. The molecule has 0 saturated carbocycles. The summed E-state index contributed by atoms with van der Waals surface area (Å²) >= 11 is 0. The van der Waals surface area contributed by atoms with Crippen LogP contribution in [0.15, 0.2) is 54.9 Å². The van der Waals surface area contributed by atoms with Crippen molar-refractivity contribution in [1.82, 2.24) is 20.0 Å². The normalized spacial score (nSPS) is 10.3. The topological polar surface area (TPSA) is 72.7 Å². The Morgan fingerprint density at radius 2 is 2.00 bits per heavy atom. The first-order valence-corrected chi connectivity index (χ1v) is 6.44. The molecule has 0 radical (unpaired) electrons. The average Bonchev–Trinajstić information content (AvgIpc) is 2.98. The summed E-state index contributed by atoms with van der Waals surface area (Å²) in [5, 5.41) is 10.5. The van der Waals surface area contributed by atoms with Crippen molar-refractivity contribution in [2.45, 2.75) is 6.92 Å². The molecular formula is C15H13N5O. The molecule has 21 heavy (non-hydrogen) atoms. The minimum atomic E-state index is -0.338. The van der Waals surface area contributed by atoms with Gasteiger partial charge in [-0.15, -0.1) is 5.10 Å². The Labute approximate surface area is 121 Å². The van der Waals surface area contributed by atoms with Gasteiger partial charge in [-0.3, -0.25) is 4.79 Å². The largest absolute Gasteiger partial charge is 0.305 e. The van der Waals surface area contributed by atoms with Crippen molar-refractivity contribution in [3.63, 3.8) is 0 Å². The predicted octanol–water partition coefficient (Wildman–Crippen LogP) is 2.22. The first kappa shape index (κ1) is 13.0. The molecule has 0 bridgehead atoms. The Morgan fingerprint density at radius 1 is 1.19 bits per heavy atom. The Bertz CT molecular complexity index is 766. The Morgan fingerprint density at radius 3 is 2.76 bits per heavy atom. The number of hydrogen-bond acceptors (Lipinski definition) is 4. The third-order valence-electron chi connectivity index (χ3n) is 2.90. The summed E-state index contributed by atoms with van der Waals surface area (Å²) < 4.78 is 1.55. The Kier molecular flexibility index (Phi) is 3.42.